The van der Waals surface area contributed by atoms with Gasteiger partial charge in [0, 0.05) is 18.4 Å². The van der Waals surface area contributed by atoms with Gasteiger partial charge < -0.3 is 32.9 Å². The fraction of sp³-hybridized carbons (Fsp3) is 0.500. The molecule has 2 unspecified atom stereocenters. The fourth-order valence-corrected chi connectivity index (χ4v) is 2.51. The van der Waals surface area contributed by atoms with Crippen molar-refractivity contribution in [2.45, 2.75) is 52.1 Å². The monoisotopic (exact) mass is 420 g/mol. The fourth-order valence-electron chi connectivity index (χ4n) is 2.51. The molecule has 10 nitrogen and oxygen atoms in total. The minimum absolute atomic E-state index is 0.0579. The van der Waals surface area contributed by atoms with Crippen molar-refractivity contribution >= 4 is 23.7 Å². The molecule has 9 N–H and O–H groups in total. The minimum atomic E-state index is -0.978. The number of hydrogen-bond donors (Lipinski definition) is 6. The van der Waals surface area contributed by atoms with E-state index in [-0.39, 0.29) is 30.5 Å². The van der Waals surface area contributed by atoms with Crippen LogP contribution in [-0.2, 0) is 20.8 Å². The molecule has 0 saturated heterocycles. The van der Waals surface area contributed by atoms with Crippen molar-refractivity contribution in [3.05, 3.63) is 29.8 Å². The molecule has 0 saturated carbocycles. The summed E-state index contributed by atoms with van der Waals surface area (Å²) in [4.78, 5) is 41.0. The molecule has 3 amide bonds. The smallest absolute Gasteiger partial charge is 0.243 e. The Hall–Kier alpha value is -3.30. The van der Waals surface area contributed by atoms with Gasteiger partial charge in [0.15, 0.2) is 5.96 Å². The van der Waals surface area contributed by atoms with Crippen molar-refractivity contribution < 1.29 is 19.5 Å². The van der Waals surface area contributed by atoms with E-state index in [4.69, 9.17) is 17.2 Å². The predicted molar refractivity (Wildman–Crippen MR) is 114 cm³/mol. The highest BCUT2D eigenvalue weighted by atomic mass is 16.3. The topological polar surface area (TPSA) is 186 Å². The number of nitrogens with two attached hydrogens (primary N) is 3. The lowest BCUT2D eigenvalue weighted by atomic mass is 9.94. The van der Waals surface area contributed by atoms with Crippen LogP contribution < -0.4 is 27.8 Å². The van der Waals surface area contributed by atoms with Gasteiger partial charge in [-0.3, -0.25) is 19.4 Å². The van der Waals surface area contributed by atoms with Crippen molar-refractivity contribution in [2.24, 2.45) is 27.6 Å². The van der Waals surface area contributed by atoms with Gasteiger partial charge in [0.1, 0.15) is 17.8 Å². The Bertz CT molecular complexity index is 766. The number of aromatic hydroxyl groups is 1. The van der Waals surface area contributed by atoms with E-state index in [1.807, 2.05) is 0 Å². The summed E-state index contributed by atoms with van der Waals surface area (Å²) in [5.41, 5.74) is 16.1. The van der Waals surface area contributed by atoms with Crippen molar-refractivity contribution in [1.29, 1.82) is 0 Å². The molecule has 0 spiro atoms. The SMILES string of the molecule is CC(C)(C)C(=O)NC(CCCN=C(N)N)C(=O)NC(Cc1ccc(O)cc1)C(N)=O. The van der Waals surface area contributed by atoms with Crippen molar-refractivity contribution in [2.75, 3.05) is 6.54 Å². The number of carbonyl (C=O) groups is 3. The molecule has 0 aromatic heterocycles. The average Bonchev–Trinajstić information content (AvgIpc) is 2.63. The Morgan fingerprint density at radius 1 is 1.03 bits per heavy atom. The van der Waals surface area contributed by atoms with Crippen LogP contribution in [0.5, 0.6) is 5.75 Å². The molecule has 1 rings (SSSR count). The van der Waals surface area contributed by atoms with Gasteiger partial charge >= 0.3 is 0 Å². The number of hydrogen-bond acceptors (Lipinski definition) is 5. The van der Waals surface area contributed by atoms with Crippen LogP contribution in [0.2, 0.25) is 0 Å². The number of aliphatic imine (C=N–C) groups is 1. The van der Waals surface area contributed by atoms with Crippen LogP contribution in [0.4, 0.5) is 0 Å². The number of carbonyl (C=O) groups excluding carboxylic acids is 3. The van der Waals surface area contributed by atoms with Crippen LogP contribution in [0.25, 0.3) is 0 Å². The van der Waals surface area contributed by atoms with Gasteiger partial charge in [-0.2, -0.15) is 0 Å². The molecule has 0 aliphatic rings. The predicted octanol–water partition coefficient (Wildman–Crippen LogP) is -0.511. The van der Waals surface area contributed by atoms with Crippen molar-refractivity contribution in [3.63, 3.8) is 0 Å². The van der Waals surface area contributed by atoms with Crippen LogP contribution in [0.3, 0.4) is 0 Å². The first-order valence-corrected chi connectivity index (χ1v) is 9.64. The zero-order valence-corrected chi connectivity index (χ0v) is 17.6. The lowest BCUT2D eigenvalue weighted by Crippen LogP contribution is -2.55. The summed E-state index contributed by atoms with van der Waals surface area (Å²) >= 11 is 0. The first-order valence-electron chi connectivity index (χ1n) is 9.64. The van der Waals surface area contributed by atoms with E-state index < -0.39 is 29.3 Å². The number of rotatable bonds is 10. The Labute approximate surface area is 176 Å². The number of primary amides is 1. The molecule has 1 aromatic rings. The second-order valence-corrected chi connectivity index (χ2v) is 8.06. The quantitative estimate of drug-likeness (QED) is 0.168. The largest absolute Gasteiger partial charge is 0.508 e. The molecule has 10 heteroatoms. The molecule has 0 heterocycles. The molecule has 2 atom stereocenters. The molecular formula is C20H32N6O4. The number of benzene rings is 1. The summed E-state index contributed by atoms with van der Waals surface area (Å²) < 4.78 is 0. The first-order chi connectivity index (χ1) is 13.9. The van der Waals surface area contributed by atoms with E-state index in [1.54, 1.807) is 32.9 Å². The maximum Gasteiger partial charge on any atom is 0.243 e. The van der Waals surface area contributed by atoms with Gasteiger partial charge in [-0.15, -0.1) is 0 Å². The van der Waals surface area contributed by atoms with Gasteiger partial charge in [0.05, 0.1) is 0 Å². The van der Waals surface area contributed by atoms with Gasteiger partial charge in [0.2, 0.25) is 17.7 Å². The van der Waals surface area contributed by atoms with Gasteiger partial charge in [-0.25, -0.2) is 0 Å². The lowest BCUT2D eigenvalue weighted by molar-refractivity contribution is -0.134. The van der Waals surface area contributed by atoms with Crippen LogP contribution in [-0.4, -0.2) is 47.4 Å². The molecule has 0 bridgehead atoms. The van der Waals surface area contributed by atoms with Crippen LogP contribution >= 0.6 is 0 Å². The molecule has 0 aliphatic heterocycles. The molecule has 0 aliphatic carbocycles. The summed E-state index contributed by atoms with van der Waals surface area (Å²) in [5.74, 6) is -1.52. The zero-order valence-electron chi connectivity index (χ0n) is 17.6. The summed E-state index contributed by atoms with van der Waals surface area (Å²) in [6.45, 7) is 5.49. The van der Waals surface area contributed by atoms with Crippen molar-refractivity contribution in [1.82, 2.24) is 10.6 Å². The van der Waals surface area contributed by atoms with Gasteiger partial charge in [-0.1, -0.05) is 32.9 Å². The lowest BCUT2D eigenvalue weighted by Gasteiger charge is -2.25. The van der Waals surface area contributed by atoms with Gasteiger partial charge in [0.25, 0.3) is 0 Å². The molecular weight excluding hydrogens is 388 g/mol. The maximum atomic E-state index is 12.8. The number of guanidine groups is 1. The molecule has 0 radical (unpaired) electrons. The second-order valence-electron chi connectivity index (χ2n) is 8.06. The van der Waals surface area contributed by atoms with E-state index >= 15 is 0 Å². The van der Waals surface area contributed by atoms with E-state index in [2.05, 4.69) is 15.6 Å². The van der Waals surface area contributed by atoms with Crippen LogP contribution in [0.1, 0.15) is 39.2 Å². The number of amides is 3. The highest BCUT2D eigenvalue weighted by molar-refractivity contribution is 5.92. The normalized spacial score (nSPS) is 13.0. The van der Waals surface area contributed by atoms with E-state index in [9.17, 15) is 19.5 Å². The number of nitrogens with zero attached hydrogens (tertiary/aromatic N) is 1. The number of nitrogens with one attached hydrogen (secondary N) is 2. The van der Waals surface area contributed by atoms with E-state index in [0.29, 0.717) is 18.5 Å². The summed E-state index contributed by atoms with van der Waals surface area (Å²) in [6.07, 6.45) is 0.865. The van der Waals surface area contributed by atoms with Crippen LogP contribution in [0, 0.1) is 5.41 Å². The number of phenolic OH excluding ortho intramolecular Hbond substituents is 1. The third kappa shape index (κ3) is 8.80. The Morgan fingerprint density at radius 3 is 2.13 bits per heavy atom. The third-order valence-electron chi connectivity index (χ3n) is 4.28. The highest BCUT2D eigenvalue weighted by Gasteiger charge is 2.29. The molecule has 166 valence electrons. The van der Waals surface area contributed by atoms with Crippen molar-refractivity contribution in [3.8, 4) is 5.75 Å². The standard InChI is InChI=1S/C20H32N6O4/c1-20(2,3)18(30)26-14(5-4-10-24-19(22)23)17(29)25-15(16(21)28)11-12-6-8-13(27)9-7-12/h6-9,14-15,27H,4-5,10-11H2,1-3H3,(H2,21,28)(H,25,29)(H,26,30)(H4,22,23,24). The minimum Gasteiger partial charge on any atom is -0.508 e. The number of phenols is 1. The second kappa shape index (κ2) is 11.0. The maximum absolute atomic E-state index is 12.8. The van der Waals surface area contributed by atoms with E-state index in [0.717, 1.165) is 0 Å². The Balaban J connectivity index is 2.89. The third-order valence-corrected chi connectivity index (χ3v) is 4.28. The Kier molecular flexibility index (Phi) is 9.10. The summed E-state index contributed by atoms with van der Waals surface area (Å²) in [6, 6.07) is 4.36. The molecule has 0 fully saturated rings. The summed E-state index contributed by atoms with van der Waals surface area (Å²) in [5, 5.41) is 14.7. The highest BCUT2D eigenvalue weighted by Crippen LogP contribution is 2.14. The zero-order chi connectivity index (χ0) is 22.9. The first kappa shape index (κ1) is 24.7. The van der Waals surface area contributed by atoms with Crippen LogP contribution in [0.15, 0.2) is 29.3 Å². The Morgan fingerprint density at radius 2 is 1.63 bits per heavy atom. The van der Waals surface area contributed by atoms with Gasteiger partial charge in [-0.05, 0) is 30.5 Å². The molecule has 1 aromatic carbocycles. The average molecular weight is 421 g/mol. The molecule has 30 heavy (non-hydrogen) atoms. The summed E-state index contributed by atoms with van der Waals surface area (Å²) in [7, 11) is 0. The van der Waals surface area contributed by atoms with E-state index in [1.165, 1.54) is 12.1 Å².